The van der Waals surface area contributed by atoms with Gasteiger partial charge in [0.05, 0.1) is 11.6 Å². The van der Waals surface area contributed by atoms with Crippen LogP contribution in [0.2, 0.25) is 0 Å². The van der Waals surface area contributed by atoms with Crippen LogP contribution < -0.4 is 23.5 Å². The molecular weight excluding hydrogens is 603 g/mol. The maximum atomic E-state index is 6.92. The molecule has 1 unspecified atom stereocenters. The highest BCUT2D eigenvalue weighted by atomic mass is 16.5. The first-order valence-corrected chi connectivity index (χ1v) is 16.9. The van der Waals surface area contributed by atoms with Crippen molar-refractivity contribution in [3.63, 3.8) is 0 Å². The summed E-state index contributed by atoms with van der Waals surface area (Å²) in [7, 11) is 0. The fourth-order valence-corrected chi connectivity index (χ4v) is 9.37. The van der Waals surface area contributed by atoms with Gasteiger partial charge < -0.3 is 9.47 Å². The predicted molar refractivity (Wildman–Crippen MR) is 188 cm³/mol. The lowest BCUT2D eigenvalue weighted by Crippen LogP contribution is -2.75. The number of benzene rings is 5. The molecule has 0 saturated heterocycles. The molecule has 1 atom stereocenters. The zero-order valence-electron chi connectivity index (χ0n) is 26.9. The summed E-state index contributed by atoms with van der Waals surface area (Å²) in [6, 6.07) is 50.3. The summed E-state index contributed by atoms with van der Waals surface area (Å²) in [5, 5.41) is 0. The summed E-state index contributed by atoms with van der Waals surface area (Å²) >= 11 is 0. The van der Waals surface area contributed by atoms with Gasteiger partial charge in [-0.3, -0.25) is 0 Å². The molecule has 49 heavy (non-hydrogen) atoms. The van der Waals surface area contributed by atoms with E-state index in [-0.39, 0.29) is 5.41 Å². The second-order valence-corrected chi connectivity index (χ2v) is 14.2. The monoisotopic (exact) mass is 631 g/mol. The maximum absolute atomic E-state index is 6.92. The lowest BCUT2D eigenvalue weighted by Gasteiger charge is -2.44. The molecule has 12 rings (SSSR count). The van der Waals surface area contributed by atoms with Crippen LogP contribution in [-0.4, -0.2) is 0 Å². The van der Waals surface area contributed by atoms with E-state index in [9.17, 15) is 0 Å². The molecule has 230 valence electrons. The second-order valence-electron chi connectivity index (χ2n) is 14.2. The molecule has 0 amide bonds. The zero-order valence-corrected chi connectivity index (χ0v) is 26.9. The number of rotatable bonds is 2. The zero-order chi connectivity index (χ0) is 32.2. The summed E-state index contributed by atoms with van der Waals surface area (Å²) in [6.07, 6.45) is 0. The Morgan fingerprint density at radius 1 is 0.490 bits per heavy atom. The molecule has 0 fully saturated rings. The average Bonchev–Trinajstić information content (AvgIpc) is 3.44. The van der Waals surface area contributed by atoms with E-state index in [1.165, 1.54) is 33.8 Å². The van der Waals surface area contributed by atoms with Gasteiger partial charge in [0, 0.05) is 17.0 Å². The molecule has 2 aromatic heterocycles. The number of para-hydroxylation sites is 1. The van der Waals surface area contributed by atoms with E-state index in [0.29, 0.717) is 0 Å². The molecule has 5 heteroatoms. The third-order valence-electron chi connectivity index (χ3n) is 11.4. The summed E-state index contributed by atoms with van der Waals surface area (Å²) < 4.78 is 18.7. The predicted octanol–water partition coefficient (Wildman–Crippen LogP) is 9.51. The highest BCUT2D eigenvalue weighted by molar-refractivity contribution is 5.89. The molecule has 0 aliphatic carbocycles. The van der Waals surface area contributed by atoms with E-state index < -0.39 is 5.66 Å². The standard InChI is InChI=1S/C44H29N3O2/c1-43(2)30-12-6-7-13-32(30)45-34-14-8-15-36-40(34)44-41-37(48-36)16-9-17-38(41)49-39-25-29(28-20-18-27(19-21-28)26-10-4-3-5-11-26)24-35(46(39)44)33-23-22-31(43)42(45)47(33)44/h3-25H,1-2H3/q+2. The van der Waals surface area contributed by atoms with Crippen LogP contribution in [0.25, 0.3) is 33.6 Å². The number of ether oxygens (including phenoxy) is 2. The van der Waals surface area contributed by atoms with Gasteiger partial charge in [-0.1, -0.05) is 98.8 Å². The Balaban J connectivity index is 1.20. The van der Waals surface area contributed by atoms with Crippen LogP contribution >= 0.6 is 0 Å². The first-order valence-electron chi connectivity index (χ1n) is 16.9. The van der Waals surface area contributed by atoms with Crippen molar-refractivity contribution < 1.29 is 18.6 Å². The minimum Gasteiger partial charge on any atom is -0.455 e. The Bertz CT molecular complexity index is 2640. The van der Waals surface area contributed by atoms with Crippen LogP contribution in [0, 0.1) is 0 Å². The van der Waals surface area contributed by atoms with Crippen LogP contribution in [0.4, 0.5) is 17.2 Å². The lowest BCUT2D eigenvalue weighted by molar-refractivity contribution is -0.936. The van der Waals surface area contributed by atoms with Crippen molar-refractivity contribution in [1.29, 1.82) is 0 Å². The topological polar surface area (TPSA) is 29.5 Å². The van der Waals surface area contributed by atoms with Gasteiger partial charge in [0.1, 0.15) is 17.2 Å². The van der Waals surface area contributed by atoms with E-state index in [4.69, 9.17) is 9.47 Å². The molecule has 5 nitrogen and oxygen atoms in total. The fraction of sp³-hybridized carbons (Fsp3) is 0.0909. The Hall–Kier alpha value is -6.20. The number of anilines is 3. The van der Waals surface area contributed by atoms with Gasteiger partial charge in [-0.15, -0.1) is 9.13 Å². The first kappa shape index (κ1) is 25.8. The number of hydrogen-bond donors (Lipinski definition) is 0. The van der Waals surface area contributed by atoms with Gasteiger partial charge >= 0.3 is 11.5 Å². The van der Waals surface area contributed by atoms with Gasteiger partial charge in [0.15, 0.2) is 22.6 Å². The highest BCUT2D eigenvalue weighted by Crippen LogP contribution is 2.63. The van der Waals surface area contributed by atoms with Crippen molar-refractivity contribution in [1.82, 2.24) is 0 Å². The van der Waals surface area contributed by atoms with E-state index in [0.717, 1.165) is 62.5 Å². The molecule has 5 aromatic carbocycles. The molecular formula is C44H29N3O2+2. The third-order valence-corrected chi connectivity index (χ3v) is 11.4. The number of fused-ring (bicyclic) bond motifs is 4. The van der Waals surface area contributed by atoms with Crippen molar-refractivity contribution in [2.75, 3.05) is 4.90 Å². The molecule has 5 aliphatic rings. The number of aromatic nitrogens is 2. The first-order chi connectivity index (χ1) is 24.0. The van der Waals surface area contributed by atoms with E-state index in [1.807, 2.05) is 6.07 Å². The van der Waals surface area contributed by atoms with Crippen LogP contribution in [0.5, 0.6) is 23.1 Å². The molecule has 5 aliphatic heterocycles. The van der Waals surface area contributed by atoms with Gasteiger partial charge in [0.2, 0.25) is 5.69 Å². The summed E-state index contributed by atoms with van der Waals surface area (Å²) in [6.45, 7) is 4.72. The number of nitrogens with zero attached hydrogens (tertiary/aromatic N) is 3. The van der Waals surface area contributed by atoms with Crippen LogP contribution in [0.1, 0.15) is 36.1 Å². The smallest absolute Gasteiger partial charge is 0.381 e. The Labute approximate surface area is 283 Å². The number of pyridine rings is 2. The average molecular weight is 632 g/mol. The maximum Gasteiger partial charge on any atom is 0.381 e. The quantitative estimate of drug-likeness (QED) is 0.178. The van der Waals surface area contributed by atoms with E-state index in [1.54, 1.807) is 0 Å². The fourth-order valence-electron chi connectivity index (χ4n) is 9.37. The normalized spacial score (nSPS) is 18.1. The third kappa shape index (κ3) is 2.87. The second kappa shape index (κ2) is 8.44. The Kier molecular flexibility index (Phi) is 4.45. The molecule has 7 heterocycles. The van der Waals surface area contributed by atoms with Gasteiger partial charge in [0.25, 0.3) is 11.5 Å². The molecule has 0 bridgehead atoms. The van der Waals surface area contributed by atoms with Crippen molar-refractivity contribution in [2.24, 2.45) is 0 Å². The molecule has 0 N–H and O–H groups in total. The molecule has 1 spiro atoms. The van der Waals surface area contributed by atoms with Crippen LogP contribution in [0.15, 0.2) is 140 Å². The number of hydrogen-bond acceptors (Lipinski definition) is 3. The van der Waals surface area contributed by atoms with Crippen LogP contribution in [-0.2, 0) is 11.1 Å². The minimum atomic E-state index is -0.728. The van der Waals surface area contributed by atoms with Gasteiger partial charge in [-0.25, -0.2) is 0 Å². The SMILES string of the molecule is CC1(C)c2ccccc2N2c3cccc4c3C35c6c(cccc6Oc6cc(-c7ccc(-c8ccccc8)cc7)cc([n+]63)-c3ccc1c2[n+]35)O4. The van der Waals surface area contributed by atoms with Crippen molar-refractivity contribution in [3.8, 4) is 56.8 Å². The van der Waals surface area contributed by atoms with Crippen molar-refractivity contribution in [2.45, 2.75) is 24.9 Å². The van der Waals surface area contributed by atoms with Crippen molar-refractivity contribution >= 4 is 17.2 Å². The van der Waals surface area contributed by atoms with Gasteiger partial charge in [-0.2, -0.15) is 4.90 Å². The molecule has 7 aromatic rings. The summed E-state index contributed by atoms with van der Waals surface area (Å²) in [4.78, 5) is 2.48. The minimum absolute atomic E-state index is 0.219. The Morgan fingerprint density at radius 3 is 1.96 bits per heavy atom. The summed E-state index contributed by atoms with van der Waals surface area (Å²) in [5.74, 6) is 4.52. The van der Waals surface area contributed by atoms with Crippen molar-refractivity contribution in [3.05, 3.63) is 162 Å². The molecule has 0 radical (unpaired) electrons. The van der Waals surface area contributed by atoms with Gasteiger partial charge in [-0.05, 0) is 64.7 Å². The van der Waals surface area contributed by atoms with Crippen LogP contribution in [0.3, 0.4) is 0 Å². The van der Waals surface area contributed by atoms with E-state index >= 15 is 0 Å². The lowest BCUT2D eigenvalue weighted by atomic mass is 9.72. The largest absolute Gasteiger partial charge is 0.455 e. The van der Waals surface area contributed by atoms with E-state index in [2.05, 4.69) is 161 Å². The highest BCUT2D eigenvalue weighted by Gasteiger charge is 2.73. The Morgan fingerprint density at radius 2 is 1.14 bits per heavy atom. The summed E-state index contributed by atoms with van der Waals surface area (Å²) in [5.41, 5.74) is 13.1. The molecule has 0 saturated carbocycles.